The molecule has 0 aliphatic carbocycles. The highest BCUT2D eigenvalue weighted by Crippen LogP contribution is 2.17. The van der Waals surface area contributed by atoms with Crippen LogP contribution < -0.4 is 0 Å². The lowest BCUT2D eigenvalue weighted by molar-refractivity contribution is 0.752. The number of rotatable bonds is 2. The maximum atomic E-state index is 8.29. The van der Waals surface area contributed by atoms with Crippen LogP contribution in [0.3, 0.4) is 0 Å². The molecule has 1 aromatic carbocycles. The fourth-order valence-electron chi connectivity index (χ4n) is 1.30. The molecule has 0 aliphatic rings. The first-order chi connectivity index (χ1) is 6.81. The molecule has 0 amide bonds. The van der Waals surface area contributed by atoms with Crippen LogP contribution in [0.5, 0.6) is 0 Å². The molecule has 0 saturated carbocycles. The van der Waals surface area contributed by atoms with Gasteiger partial charge in [-0.15, -0.1) is 0 Å². The van der Waals surface area contributed by atoms with E-state index in [1.807, 2.05) is 24.3 Å². The number of hydrogen-bond acceptors (Lipinski definition) is 2. The van der Waals surface area contributed by atoms with E-state index in [2.05, 4.69) is 20.0 Å². The third kappa shape index (κ3) is 1.41. The Kier molecular flexibility index (Phi) is 2.08. The molecule has 1 atom stereocenters. The number of H-pyrrole nitrogens is 1. The van der Waals surface area contributed by atoms with Crippen LogP contribution in [0.15, 0.2) is 29.4 Å². The Morgan fingerprint density at radius 2 is 2.29 bits per heavy atom. The highest BCUT2D eigenvalue weighted by Gasteiger charge is 2.07. The number of nitrogens with one attached hydrogen (secondary N) is 1. The lowest BCUT2D eigenvalue weighted by Gasteiger charge is -1.96. The third-order valence-corrected chi connectivity index (χ3v) is 2.03. The molecule has 0 bridgehead atoms. The standard InChI is InChI=1S/C9H9N5/c1-6(13-14-10)9-11-7-4-2-3-5-8(7)12-9/h2-6H,1H3,(H,11,12). The zero-order valence-corrected chi connectivity index (χ0v) is 7.68. The SMILES string of the molecule is CC(N=[N+]=[N-])c1nc2ccccc2[nH]1. The summed E-state index contributed by atoms with van der Waals surface area (Å²) in [7, 11) is 0. The molecular formula is C9H9N5. The van der Waals surface area contributed by atoms with E-state index in [-0.39, 0.29) is 6.04 Å². The topological polar surface area (TPSA) is 77.4 Å². The van der Waals surface area contributed by atoms with E-state index in [1.165, 1.54) is 0 Å². The fourth-order valence-corrected chi connectivity index (χ4v) is 1.30. The van der Waals surface area contributed by atoms with Crippen LogP contribution in [0.4, 0.5) is 0 Å². The van der Waals surface area contributed by atoms with Gasteiger partial charge in [0.1, 0.15) is 5.82 Å². The Morgan fingerprint density at radius 1 is 1.50 bits per heavy atom. The Balaban J connectivity index is 2.49. The molecular weight excluding hydrogens is 178 g/mol. The predicted octanol–water partition coefficient (Wildman–Crippen LogP) is 2.93. The summed E-state index contributed by atoms with van der Waals surface area (Å²) in [6.07, 6.45) is 0. The Bertz CT molecular complexity index is 462. The van der Waals surface area contributed by atoms with Crippen LogP contribution in [-0.2, 0) is 0 Å². The van der Waals surface area contributed by atoms with Crippen LogP contribution in [0.2, 0.25) is 0 Å². The molecule has 1 heterocycles. The van der Waals surface area contributed by atoms with E-state index in [0.717, 1.165) is 11.0 Å². The van der Waals surface area contributed by atoms with Gasteiger partial charge in [-0.3, -0.25) is 0 Å². The van der Waals surface area contributed by atoms with Crippen molar-refractivity contribution in [3.8, 4) is 0 Å². The second-order valence-corrected chi connectivity index (χ2v) is 3.02. The van der Waals surface area contributed by atoms with Gasteiger partial charge >= 0.3 is 0 Å². The summed E-state index contributed by atoms with van der Waals surface area (Å²) in [6.45, 7) is 1.80. The second kappa shape index (κ2) is 3.40. The van der Waals surface area contributed by atoms with Crippen LogP contribution in [-0.4, -0.2) is 9.97 Å². The maximum Gasteiger partial charge on any atom is 0.115 e. The quantitative estimate of drug-likeness (QED) is 0.438. The highest BCUT2D eigenvalue weighted by atomic mass is 15.2. The molecule has 2 aromatic rings. The molecule has 0 spiro atoms. The number of azide groups is 1. The number of benzene rings is 1. The number of imidazole rings is 1. The zero-order chi connectivity index (χ0) is 9.97. The van der Waals surface area contributed by atoms with Crippen molar-refractivity contribution in [2.24, 2.45) is 5.11 Å². The summed E-state index contributed by atoms with van der Waals surface area (Å²) in [5, 5.41) is 3.58. The van der Waals surface area contributed by atoms with Crippen LogP contribution in [0.25, 0.3) is 21.5 Å². The van der Waals surface area contributed by atoms with Gasteiger partial charge in [-0.05, 0) is 24.6 Å². The maximum absolute atomic E-state index is 8.29. The number of nitrogens with zero attached hydrogens (tertiary/aromatic N) is 4. The normalized spacial score (nSPS) is 12.4. The van der Waals surface area contributed by atoms with Crippen molar-refractivity contribution in [3.05, 3.63) is 40.5 Å². The van der Waals surface area contributed by atoms with Gasteiger partial charge in [0, 0.05) is 4.91 Å². The van der Waals surface area contributed by atoms with Gasteiger partial charge in [0.25, 0.3) is 0 Å². The third-order valence-electron chi connectivity index (χ3n) is 2.03. The molecule has 70 valence electrons. The number of para-hydroxylation sites is 2. The van der Waals surface area contributed by atoms with E-state index in [4.69, 9.17) is 5.53 Å². The Hall–Kier alpha value is -2.00. The molecule has 5 nitrogen and oxygen atoms in total. The Labute approximate surface area is 80.4 Å². The summed E-state index contributed by atoms with van der Waals surface area (Å²) in [6, 6.07) is 7.45. The lowest BCUT2D eigenvalue weighted by Crippen LogP contribution is -1.90. The first kappa shape index (κ1) is 8.59. The summed E-state index contributed by atoms with van der Waals surface area (Å²) >= 11 is 0. The number of fused-ring (bicyclic) bond motifs is 1. The average Bonchev–Trinajstić information content (AvgIpc) is 2.61. The van der Waals surface area contributed by atoms with Crippen LogP contribution >= 0.6 is 0 Å². The van der Waals surface area contributed by atoms with Gasteiger partial charge in [0.05, 0.1) is 17.1 Å². The molecule has 0 radical (unpaired) electrons. The summed E-state index contributed by atoms with van der Waals surface area (Å²) in [5.41, 5.74) is 10.1. The molecule has 1 unspecified atom stereocenters. The lowest BCUT2D eigenvalue weighted by atomic mass is 10.3. The molecule has 1 aromatic heterocycles. The summed E-state index contributed by atoms with van der Waals surface area (Å²) in [4.78, 5) is 10.2. The first-order valence-corrected chi connectivity index (χ1v) is 4.30. The van der Waals surface area contributed by atoms with Gasteiger partial charge in [0.2, 0.25) is 0 Å². The van der Waals surface area contributed by atoms with Crippen molar-refractivity contribution in [2.75, 3.05) is 0 Å². The van der Waals surface area contributed by atoms with E-state index in [9.17, 15) is 0 Å². The van der Waals surface area contributed by atoms with Crippen molar-refractivity contribution in [3.63, 3.8) is 0 Å². The van der Waals surface area contributed by atoms with E-state index < -0.39 is 0 Å². The van der Waals surface area contributed by atoms with Crippen molar-refractivity contribution < 1.29 is 0 Å². The van der Waals surface area contributed by atoms with Gasteiger partial charge in [-0.1, -0.05) is 17.2 Å². The minimum absolute atomic E-state index is 0.257. The van der Waals surface area contributed by atoms with E-state index in [1.54, 1.807) is 6.92 Å². The fraction of sp³-hybridized carbons (Fsp3) is 0.222. The second-order valence-electron chi connectivity index (χ2n) is 3.02. The number of hydrogen-bond donors (Lipinski definition) is 1. The van der Waals surface area contributed by atoms with Gasteiger partial charge < -0.3 is 4.98 Å². The number of aromatic nitrogens is 2. The largest absolute Gasteiger partial charge is 0.342 e. The molecule has 0 saturated heterocycles. The van der Waals surface area contributed by atoms with Crippen molar-refractivity contribution >= 4 is 11.0 Å². The van der Waals surface area contributed by atoms with Crippen molar-refractivity contribution in [2.45, 2.75) is 13.0 Å². The molecule has 2 rings (SSSR count). The van der Waals surface area contributed by atoms with Crippen LogP contribution in [0, 0.1) is 0 Å². The highest BCUT2D eigenvalue weighted by molar-refractivity contribution is 5.74. The van der Waals surface area contributed by atoms with Crippen molar-refractivity contribution in [1.29, 1.82) is 0 Å². The summed E-state index contributed by atoms with van der Waals surface area (Å²) < 4.78 is 0. The molecule has 5 heteroatoms. The molecule has 0 aliphatic heterocycles. The van der Waals surface area contributed by atoms with Gasteiger partial charge in [-0.2, -0.15) is 0 Å². The smallest absolute Gasteiger partial charge is 0.115 e. The monoisotopic (exact) mass is 187 g/mol. The van der Waals surface area contributed by atoms with Crippen molar-refractivity contribution in [1.82, 2.24) is 9.97 Å². The van der Waals surface area contributed by atoms with E-state index in [0.29, 0.717) is 5.82 Å². The molecule has 1 N–H and O–H groups in total. The predicted molar refractivity (Wildman–Crippen MR) is 53.7 cm³/mol. The summed E-state index contributed by atoms with van der Waals surface area (Å²) in [5.74, 6) is 0.698. The van der Waals surface area contributed by atoms with E-state index >= 15 is 0 Å². The minimum atomic E-state index is -0.257. The first-order valence-electron chi connectivity index (χ1n) is 4.30. The molecule has 0 fully saturated rings. The van der Waals surface area contributed by atoms with Crippen LogP contribution in [0.1, 0.15) is 18.8 Å². The zero-order valence-electron chi connectivity index (χ0n) is 7.68. The minimum Gasteiger partial charge on any atom is -0.342 e. The van der Waals surface area contributed by atoms with Gasteiger partial charge in [0.15, 0.2) is 0 Å². The van der Waals surface area contributed by atoms with Gasteiger partial charge in [-0.25, -0.2) is 4.98 Å². The Morgan fingerprint density at radius 3 is 3.00 bits per heavy atom. The number of aromatic amines is 1. The average molecular weight is 187 g/mol. The molecule has 14 heavy (non-hydrogen) atoms.